The quantitative estimate of drug-likeness (QED) is 0.555. The van der Waals surface area contributed by atoms with Gasteiger partial charge in [-0.15, -0.1) is 11.3 Å². The van der Waals surface area contributed by atoms with Crippen molar-refractivity contribution in [3.05, 3.63) is 69.6 Å². The van der Waals surface area contributed by atoms with Crippen molar-refractivity contribution in [1.82, 2.24) is 5.32 Å². The highest BCUT2D eigenvalue weighted by atomic mass is 35.5. The maximum absolute atomic E-state index is 15.0. The third-order valence-corrected chi connectivity index (χ3v) is 6.42. The standard InChI is InChI=1S/C21H14ClF2N3OS/c22-19-4-3-18(29-19)12-7-14(23)20(15(24)8-12)17-10-26-21(28)27(17)13-2-1-11-5-6-25-16(11)9-13/h1-4,6-9,17H,5,10H2,(H,26,28). The first kappa shape index (κ1) is 18.3. The summed E-state index contributed by atoms with van der Waals surface area (Å²) in [5.41, 5.74) is 2.65. The Balaban J connectivity index is 1.55. The molecule has 4 nitrogen and oxygen atoms in total. The smallest absolute Gasteiger partial charge is 0.322 e. The van der Waals surface area contributed by atoms with Gasteiger partial charge in [0.2, 0.25) is 0 Å². The zero-order valence-electron chi connectivity index (χ0n) is 15.0. The molecule has 2 amide bonds. The molecule has 0 aliphatic carbocycles. The lowest BCUT2D eigenvalue weighted by Crippen LogP contribution is -2.30. The van der Waals surface area contributed by atoms with Crippen LogP contribution in [-0.2, 0) is 6.42 Å². The number of carbonyl (C=O) groups excluding carboxylic acids is 1. The fourth-order valence-electron chi connectivity index (χ4n) is 3.78. The van der Waals surface area contributed by atoms with E-state index in [9.17, 15) is 4.79 Å². The molecule has 1 aromatic heterocycles. The molecule has 0 bridgehead atoms. The third-order valence-electron chi connectivity index (χ3n) is 5.14. The van der Waals surface area contributed by atoms with Crippen LogP contribution in [0.15, 0.2) is 47.5 Å². The number of hydrogen-bond donors (Lipinski definition) is 1. The summed E-state index contributed by atoms with van der Waals surface area (Å²) in [4.78, 5) is 18.8. The molecular weight excluding hydrogens is 416 g/mol. The number of fused-ring (bicyclic) bond motifs is 1. The Bertz CT molecular complexity index is 1150. The minimum Gasteiger partial charge on any atom is -0.335 e. The predicted octanol–water partition coefficient (Wildman–Crippen LogP) is 5.88. The highest BCUT2D eigenvalue weighted by molar-refractivity contribution is 7.19. The average molecular weight is 430 g/mol. The molecule has 1 N–H and O–H groups in total. The van der Waals surface area contributed by atoms with E-state index in [1.54, 1.807) is 30.5 Å². The molecule has 29 heavy (non-hydrogen) atoms. The first-order valence-corrected chi connectivity index (χ1v) is 10.2. The number of rotatable bonds is 3. The Hall–Kier alpha value is -2.77. The number of amides is 2. The normalized spacial score (nSPS) is 17.7. The fourth-order valence-corrected chi connectivity index (χ4v) is 4.81. The first-order valence-electron chi connectivity index (χ1n) is 8.98. The van der Waals surface area contributed by atoms with Crippen molar-refractivity contribution < 1.29 is 13.6 Å². The number of anilines is 1. The molecule has 3 heterocycles. The first-order chi connectivity index (χ1) is 14.0. The van der Waals surface area contributed by atoms with Crippen LogP contribution in [0.4, 0.5) is 25.0 Å². The summed E-state index contributed by atoms with van der Waals surface area (Å²) in [6.45, 7) is 0.108. The summed E-state index contributed by atoms with van der Waals surface area (Å²) in [6.07, 6.45) is 2.54. The summed E-state index contributed by atoms with van der Waals surface area (Å²) in [5.74, 6) is -1.40. The largest absolute Gasteiger partial charge is 0.335 e. The summed E-state index contributed by atoms with van der Waals surface area (Å²) in [7, 11) is 0. The second kappa shape index (κ2) is 6.93. The number of benzene rings is 2. The number of halogens is 3. The Morgan fingerprint density at radius 1 is 1.14 bits per heavy atom. The number of carbonyl (C=O) groups is 1. The highest BCUT2D eigenvalue weighted by Crippen LogP contribution is 2.39. The van der Waals surface area contributed by atoms with Crippen LogP contribution in [0.1, 0.15) is 17.2 Å². The summed E-state index contributed by atoms with van der Waals surface area (Å²) < 4.78 is 30.6. The third kappa shape index (κ3) is 3.10. The lowest BCUT2D eigenvalue weighted by Gasteiger charge is -2.25. The molecule has 0 spiro atoms. The van der Waals surface area contributed by atoms with E-state index in [4.69, 9.17) is 11.6 Å². The van der Waals surface area contributed by atoms with Crippen LogP contribution >= 0.6 is 22.9 Å². The van der Waals surface area contributed by atoms with E-state index in [-0.39, 0.29) is 12.1 Å². The molecule has 146 valence electrons. The highest BCUT2D eigenvalue weighted by Gasteiger charge is 2.37. The molecule has 0 radical (unpaired) electrons. The number of urea groups is 1. The van der Waals surface area contributed by atoms with Crippen molar-refractivity contribution in [2.45, 2.75) is 12.5 Å². The van der Waals surface area contributed by atoms with E-state index in [2.05, 4.69) is 10.3 Å². The number of hydrogen-bond acceptors (Lipinski definition) is 3. The second-order valence-corrected chi connectivity index (χ2v) is 8.57. The Morgan fingerprint density at radius 2 is 1.93 bits per heavy atom. The van der Waals surface area contributed by atoms with E-state index in [1.807, 2.05) is 6.07 Å². The van der Waals surface area contributed by atoms with E-state index < -0.39 is 23.7 Å². The molecule has 5 rings (SSSR count). The lowest BCUT2D eigenvalue weighted by atomic mass is 10.0. The summed E-state index contributed by atoms with van der Waals surface area (Å²) in [5, 5.41) is 2.69. The Kier molecular flexibility index (Phi) is 4.37. The zero-order valence-corrected chi connectivity index (χ0v) is 16.5. The molecular formula is C21H14ClF2N3OS. The van der Waals surface area contributed by atoms with Gasteiger partial charge in [-0.05, 0) is 47.5 Å². The molecule has 1 atom stereocenters. The van der Waals surface area contributed by atoms with Crippen LogP contribution in [0.5, 0.6) is 0 Å². The van der Waals surface area contributed by atoms with E-state index >= 15 is 8.78 Å². The van der Waals surface area contributed by atoms with Crippen molar-refractivity contribution in [1.29, 1.82) is 0 Å². The van der Waals surface area contributed by atoms with Gasteiger partial charge in [0.05, 0.1) is 16.1 Å². The van der Waals surface area contributed by atoms with Crippen LogP contribution in [0.3, 0.4) is 0 Å². The fraction of sp³-hybridized carbons (Fsp3) is 0.143. The van der Waals surface area contributed by atoms with Crippen molar-refractivity contribution >= 4 is 46.6 Å². The molecule has 1 fully saturated rings. The van der Waals surface area contributed by atoms with E-state index in [0.29, 0.717) is 20.5 Å². The topological polar surface area (TPSA) is 44.7 Å². The van der Waals surface area contributed by atoms with E-state index in [1.165, 1.54) is 28.4 Å². The maximum atomic E-state index is 15.0. The van der Waals surface area contributed by atoms with Gasteiger partial charge in [-0.3, -0.25) is 9.89 Å². The molecule has 8 heteroatoms. The van der Waals surface area contributed by atoms with Crippen molar-refractivity contribution in [3.8, 4) is 10.4 Å². The molecule has 1 saturated heterocycles. The van der Waals surface area contributed by atoms with Crippen LogP contribution in [0.25, 0.3) is 10.4 Å². The van der Waals surface area contributed by atoms with Gasteiger partial charge < -0.3 is 5.32 Å². The van der Waals surface area contributed by atoms with Crippen LogP contribution in [-0.4, -0.2) is 18.8 Å². The van der Waals surface area contributed by atoms with Gasteiger partial charge in [-0.1, -0.05) is 17.7 Å². The Morgan fingerprint density at radius 3 is 2.66 bits per heavy atom. The van der Waals surface area contributed by atoms with Gasteiger partial charge in [0.1, 0.15) is 11.6 Å². The average Bonchev–Trinajstić information content (AvgIpc) is 3.40. The van der Waals surface area contributed by atoms with Crippen molar-refractivity contribution in [2.75, 3.05) is 11.4 Å². The van der Waals surface area contributed by atoms with Crippen molar-refractivity contribution in [3.63, 3.8) is 0 Å². The maximum Gasteiger partial charge on any atom is 0.322 e. The van der Waals surface area contributed by atoms with Gasteiger partial charge in [-0.25, -0.2) is 13.6 Å². The predicted molar refractivity (Wildman–Crippen MR) is 112 cm³/mol. The minimum atomic E-state index is -0.799. The Labute approximate surface area is 174 Å². The number of aliphatic imine (C=N–C) groups is 1. The number of nitrogens with one attached hydrogen (secondary N) is 1. The summed E-state index contributed by atoms with van der Waals surface area (Å²) >= 11 is 7.18. The van der Waals surface area contributed by atoms with Crippen molar-refractivity contribution in [2.24, 2.45) is 4.99 Å². The van der Waals surface area contributed by atoms with Gasteiger partial charge in [0.15, 0.2) is 0 Å². The number of thiophene rings is 1. The monoisotopic (exact) mass is 429 g/mol. The minimum absolute atomic E-state index is 0.108. The molecule has 2 aromatic carbocycles. The lowest BCUT2D eigenvalue weighted by molar-refractivity contribution is 0.251. The van der Waals surface area contributed by atoms with Gasteiger partial charge in [-0.2, -0.15) is 0 Å². The van der Waals surface area contributed by atoms with Crippen LogP contribution in [0, 0.1) is 11.6 Å². The molecule has 1 unspecified atom stereocenters. The molecule has 2 aliphatic heterocycles. The SMILES string of the molecule is O=C1NCC(c2c(F)cc(-c3ccc(Cl)s3)cc2F)N1c1ccc2c(c1)N=CC2. The van der Waals surface area contributed by atoms with Gasteiger partial charge >= 0.3 is 6.03 Å². The molecule has 2 aliphatic rings. The van der Waals surface area contributed by atoms with Crippen LogP contribution in [0.2, 0.25) is 4.34 Å². The van der Waals surface area contributed by atoms with Gasteiger partial charge in [0, 0.05) is 35.3 Å². The molecule has 3 aromatic rings. The zero-order chi connectivity index (χ0) is 20.1. The second-order valence-electron chi connectivity index (χ2n) is 6.86. The van der Waals surface area contributed by atoms with Gasteiger partial charge in [0.25, 0.3) is 0 Å². The van der Waals surface area contributed by atoms with Crippen LogP contribution < -0.4 is 10.2 Å². The summed E-state index contributed by atoms with van der Waals surface area (Å²) in [6, 6.07) is 10.2. The number of nitrogens with zero attached hydrogens (tertiary/aromatic N) is 2. The molecule has 0 saturated carbocycles. The van der Waals surface area contributed by atoms with E-state index in [0.717, 1.165) is 17.7 Å².